The summed E-state index contributed by atoms with van der Waals surface area (Å²) in [5, 5.41) is 2.53. The van der Waals surface area contributed by atoms with Crippen molar-refractivity contribution in [2.24, 2.45) is 17.1 Å². The van der Waals surface area contributed by atoms with E-state index in [1.54, 1.807) is 0 Å². The van der Waals surface area contributed by atoms with E-state index in [-0.39, 0.29) is 14.4 Å². The summed E-state index contributed by atoms with van der Waals surface area (Å²) >= 11 is -4.76. The fourth-order valence-corrected chi connectivity index (χ4v) is 42.4. The van der Waals surface area contributed by atoms with Gasteiger partial charge in [-0.05, 0) is 0 Å². The van der Waals surface area contributed by atoms with Crippen molar-refractivity contribution in [3.8, 4) is 0 Å². The molecule has 0 spiro atoms. The topological polar surface area (TPSA) is 43.1 Å². The van der Waals surface area contributed by atoms with Crippen LogP contribution in [-0.4, -0.2) is 12.6 Å². The molecule has 0 aromatic heterocycles. The van der Waals surface area contributed by atoms with Crippen LogP contribution in [-0.2, 0) is 17.2 Å². The number of rotatable bonds is 6. The van der Waals surface area contributed by atoms with Crippen LogP contribution >= 0.6 is 18.6 Å². The van der Waals surface area contributed by atoms with Crippen molar-refractivity contribution in [1.29, 1.82) is 0 Å². The predicted octanol–water partition coefficient (Wildman–Crippen LogP) is 5.75. The van der Waals surface area contributed by atoms with Gasteiger partial charge in [0.25, 0.3) is 0 Å². The Balaban J connectivity index is 1.67. The molecule has 1 amide bonds. The molecule has 4 atom stereocenters. The van der Waals surface area contributed by atoms with E-state index in [0.717, 1.165) is 25.7 Å². The Kier molecular flexibility index (Phi) is 5.75. The molecule has 3 aliphatic carbocycles. The van der Waals surface area contributed by atoms with Crippen LogP contribution in [0.4, 0.5) is 0 Å². The second-order valence-corrected chi connectivity index (χ2v) is 37.6. The molecule has 4 unspecified atom stereocenters. The number of benzene rings is 3. The molecule has 2 N–H and O–H groups in total. The third kappa shape index (κ3) is 3.43. The van der Waals surface area contributed by atoms with Crippen LogP contribution in [0.25, 0.3) is 6.08 Å². The van der Waals surface area contributed by atoms with E-state index in [4.69, 9.17) is 24.3 Å². The molecule has 2 saturated carbocycles. The van der Waals surface area contributed by atoms with Gasteiger partial charge in [-0.2, -0.15) is 0 Å². The third-order valence-corrected chi connectivity index (χ3v) is 39.4. The summed E-state index contributed by atoms with van der Waals surface area (Å²) in [5.41, 5.74) is 8.08. The molecule has 2 nitrogen and oxygen atoms in total. The van der Waals surface area contributed by atoms with E-state index >= 15 is 0 Å². The van der Waals surface area contributed by atoms with Crippen LogP contribution < -0.4 is 16.1 Å². The van der Waals surface area contributed by atoms with E-state index < -0.39 is 24.5 Å². The number of amides is 1. The summed E-state index contributed by atoms with van der Waals surface area (Å²) in [7, 11) is 16.9. The van der Waals surface area contributed by atoms with Crippen molar-refractivity contribution in [3.63, 3.8) is 0 Å². The molecule has 3 aromatic carbocycles. The first-order valence-electron chi connectivity index (χ1n) is 12.6. The van der Waals surface area contributed by atoms with Crippen LogP contribution in [0.5, 0.6) is 0 Å². The quantitative estimate of drug-likeness (QED) is 0.387. The van der Waals surface area contributed by atoms with Crippen LogP contribution in [0.3, 0.4) is 0 Å². The average Bonchev–Trinajstić information content (AvgIpc) is 3.60. The standard InChI is InChI=1S/C12H11Si.C9H7.C8H12NO.2ClH.Ti/c1-3-7-11(8-4-1)13-12-9-5-2-6-10-12;1-2-5-9-7-3-6-8(9)4-1;9-7(10)8-3-1-6(5-8)2-4-8;;;/h1-10,13H;1-7H;3,6H,1-2,4-5H2,(H2,9,10);2*1H;/q;;;;;+2/p-2. The summed E-state index contributed by atoms with van der Waals surface area (Å²) in [6, 6.07) is 29.9. The first-order chi connectivity index (χ1) is 16.8. The molecule has 6 heteroatoms. The summed E-state index contributed by atoms with van der Waals surface area (Å²) in [4.78, 5) is 13.3. The number of carbonyl (C=O) groups is 1. The Morgan fingerprint density at radius 3 is 2.11 bits per heavy atom. The minimum atomic E-state index is -4.76. The van der Waals surface area contributed by atoms with Gasteiger partial charge in [0.15, 0.2) is 0 Å². The number of halogens is 2. The van der Waals surface area contributed by atoms with Crippen molar-refractivity contribution in [2.75, 3.05) is 0 Å². The van der Waals surface area contributed by atoms with Crippen LogP contribution in [0, 0.1) is 11.3 Å². The molecule has 35 heavy (non-hydrogen) atoms. The van der Waals surface area contributed by atoms with Crippen LogP contribution in [0.2, 0.25) is 4.22 Å². The van der Waals surface area contributed by atoms with Gasteiger partial charge in [-0.15, -0.1) is 0 Å². The van der Waals surface area contributed by atoms with Crippen LogP contribution in [0.1, 0.15) is 41.0 Å². The maximum atomic E-state index is 13.3. The van der Waals surface area contributed by atoms with Gasteiger partial charge in [0.1, 0.15) is 0 Å². The number of carbonyl (C=O) groups excluding carboxylic acids is 1. The molecular formula is C29H30Cl2NOSiTi. The minimum absolute atomic E-state index is 0.0445. The molecule has 0 saturated heterocycles. The Morgan fingerprint density at radius 2 is 1.51 bits per heavy atom. The number of hydrogen-bond donors (Lipinski definition) is 1. The first-order valence-corrected chi connectivity index (χ1v) is 23.1. The molecule has 0 radical (unpaired) electrons. The van der Waals surface area contributed by atoms with Crippen molar-refractivity contribution in [3.05, 3.63) is 102 Å². The fraction of sp³-hybridized carbons (Fsp3) is 0.276. The zero-order valence-electron chi connectivity index (χ0n) is 19.6. The third-order valence-electron chi connectivity index (χ3n) is 9.26. The summed E-state index contributed by atoms with van der Waals surface area (Å²) in [6.45, 7) is -2.21. The number of allylic oxidation sites excluding steroid dienone is 1. The second-order valence-electron chi connectivity index (χ2n) is 10.9. The normalized spacial score (nSPS) is 28.1. The van der Waals surface area contributed by atoms with E-state index in [2.05, 4.69) is 97.1 Å². The van der Waals surface area contributed by atoms with Gasteiger partial charge in [-0.3, -0.25) is 0 Å². The van der Waals surface area contributed by atoms with Crippen molar-refractivity contribution >= 4 is 47.6 Å². The Hall–Kier alpha value is -1.62. The second kappa shape index (κ2) is 8.46. The average molecular weight is 555 g/mol. The zero-order valence-corrected chi connectivity index (χ0v) is 23.8. The van der Waals surface area contributed by atoms with Gasteiger partial charge in [0, 0.05) is 0 Å². The van der Waals surface area contributed by atoms with Gasteiger partial charge in [0.2, 0.25) is 0 Å². The Bertz CT molecular complexity index is 1280. The zero-order chi connectivity index (χ0) is 24.3. The number of nitrogens with two attached hydrogens (primary N) is 1. The molecule has 179 valence electrons. The first kappa shape index (κ1) is 23.8. The monoisotopic (exact) mass is 554 g/mol. The molecule has 0 aliphatic heterocycles. The molecule has 3 aliphatic rings. The molecule has 2 fully saturated rings. The predicted molar refractivity (Wildman–Crippen MR) is 147 cm³/mol. The SMILES string of the molecule is NC(=O)C12CCC(C[CH]1[Ti]([Cl])([Cl])([CH]1C=Cc3ccccc31)[SiH](c1ccccc1)c1ccccc1)C2. The fourth-order valence-electron chi connectivity index (χ4n) is 7.85. The molecule has 3 aromatic rings. The van der Waals surface area contributed by atoms with Gasteiger partial charge in [0.05, 0.1) is 0 Å². The summed E-state index contributed by atoms with van der Waals surface area (Å²) < 4.78 is -0.0962. The molecule has 0 heterocycles. The maximum absolute atomic E-state index is 13.3. The van der Waals surface area contributed by atoms with Crippen LogP contribution in [0.15, 0.2) is 91.0 Å². The van der Waals surface area contributed by atoms with E-state index in [1.165, 1.54) is 21.5 Å². The van der Waals surface area contributed by atoms with Gasteiger partial charge in [-0.25, -0.2) is 0 Å². The Morgan fingerprint density at radius 1 is 0.914 bits per heavy atom. The van der Waals surface area contributed by atoms with Crippen molar-refractivity contribution in [1.82, 2.24) is 0 Å². The van der Waals surface area contributed by atoms with Gasteiger partial charge >= 0.3 is 218 Å². The van der Waals surface area contributed by atoms with Gasteiger partial charge < -0.3 is 0 Å². The summed E-state index contributed by atoms with van der Waals surface area (Å²) in [5.74, 6) is 0.290. The Labute approximate surface area is 217 Å². The van der Waals surface area contributed by atoms with E-state index in [9.17, 15) is 4.79 Å². The number of hydrogen-bond acceptors (Lipinski definition) is 1. The van der Waals surface area contributed by atoms with Crippen molar-refractivity contribution in [2.45, 2.75) is 34.1 Å². The van der Waals surface area contributed by atoms with Gasteiger partial charge in [-0.1, -0.05) is 0 Å². The van der Waals surface area contributed by atoms with E-state index in [1.807, 2.05) is 0 Å². The van der Waals surface area contributed by atoms with E-state index in [0.29, 0.717) is 5.92 Å². The molecule has 2 bridgehead atoms. The van der Waals surface area contributed by atoms with Crippen molar-refractivity contribution < 1.29 is 17.2 Å². The number of primary amides is 1. The molecule has 6 rings (SSSR count). The number of fused-ring (bicyclic) bond motifs is 3. The summed E-state index contributed by atoms with van der Waals surface area (Å²) in [6.07, 6.45) is 8.10. The molecular weight excluding hydrogens is 525 g/mol.